The van der Waals surface area contributed by atoms with E-state index in [1.807, 2.05) is 35.2 Å². The van der Waals surface area contributed by atoms with Gasteiger partial charge < -0.3 is 20.3 Å². The van der Waals surface area contributed by atoms with Crippen LogP contribution in [-0.4, -0.2) is 46.8 Å². The first kappa shape index (κ1) is 20.6. The molecule has 2 heterocycles. The largest absolute Gasteiger partial charge is 0.489 e. The van der Waals surface area contributed by atoms with Gasteiger partial charge in [-0.1, -0.05) is 12.1 Å². The molecule has 2 aromatic carbocycles. The first-order valence-corrected chi connectivity index (χ1v) is 11.5. The smallest absolute Gasteiger partial charge is 0.254 e. The summed E-state index contributed by atoms with van der Waals surface area (Å²) < 4.78 is 5.93. The predicted molar refractivity (Wildman–Crippen MR) is 122 cm³/mol. The van der Waals surface area contributed by atoms with Crippen molar-refractivity contribution in [1.82, 2.24) is 9.80 Å². The van der Waals surface area contributed by atoms with E-state index >= 15 is 0 Å². The van der Waals surface area contributed by atoms with Gasteiger partial charge in [0.2, 0.25) is 5.91 Å². The minimum atomic E-state index is -0.440. The van der Waals surface area contributed by atoms with Gasteiger partial charge in [0.05, 0.1) is 6.04 Å². The fraction of sp³-hybridized carbons (Fsp3) is 0.385. The van der Waals surface area contributed by atoms with Gasteiger partial charge >= 0.3 is 0 Å². The molecule has 2 N–H and O–H groups in total. The predicted octanol–water partition coefficient (Wildman–Crippen LogP) is 3.50. The summed E-state index contributed by atoms with van der Waals surface area (Å²) in [6.45, 7) is 2.17. The number of rotatable bonds is 6. The second-order valence-electron chi connectivity index (χ2n) is 8.94. The molecule has 6 heteroatoms. The van der Waals surface area contributed by atoms with Crippen LogP contribution in [0.15, 0.2) is 54.7 Å². The van der Waals surface area contributed by atoms with Gasteiger partial charge in [-0.05, 0) is 85.8 Å². The zero-order valence-corrected chi connectivity index (χ0v) is 18.2. The molecule has 5 rings (SSSR count). The number of carbonyl (C=O) groups is 2. The first-order valence-electron chi connectivity index (χ1n) is 11.5. The van der Waals surface area contributed by atoms with Gasteiger partial charge in [-0.25, -0.2) is 0 Å². The molecular formula is C26H29N3O3. The van der Waals surface area contributed by atoms with Crippen LogP contribution in [0.4, 0.5) is 0 Å². The fourth-order valence-corrected chi connectivity index (χ4v) is 4.77. The van der Waals surface area contributed by atoms with E-state index in [-0.39, 0.29) is 11.9 Å². The lowest BCUT2D eigenvalue weighted by Crippen LogP contribution is -2.48. The maximum Gasteiger partial charge on any atom is 0.254 e. The summed E-state index contributed by atoms with van der Waals surface area (Å²) in [5.41, 5.74) is 8.54. The van der Waals surface area contributed by atoms with Gasteiger partial charge in [-0.15, -0.1) is 0 Å². The highest BCUT2D eigenvalue weighted by Gasteiger charge is 2.32. The summed E-state index contributed by atoms with van der Waals surface area (Å²) in [6, 6.07) is 13.7. The van der Waals surface area contributed by atoms with Crippen LogP contribution >= 0.6 is 0 Å². The molecule has 0 spiro atoms. The Kier molecular flexibility index (Phi) is 5.60. The molecule has 6 nitrogen and oxygen atoms in total. The zero-order valence-electron chi connectivity index (χ0n) is 18.2. The normalized spacial score (nSPS) is 20.6. The molecule has 1 unspecified atom stereocenters. The van der Waals surface area contributed by atoms with E-state index in [1.165, 1.54) is 19.3 Å². The topological polar surface area (TPSA) is 75.9 Å². The standard InChI is InChI=1S/C26H29N3O3/c27-25(30)19-6-4-18(5-7-19)17-32-23-8-9-24-20(16-23)10-15-29(26(24)31)22-11-13-28(14-12-22)21-2-1-3-21/h4-9,11,13,16,21-22H,1-3,10,12,14-15,17H2,(H2,27,30). The lowest BCUT2D eigenvalue weighted by molar-refractivity contribution is 0.0656. The van der Waals surface area contributed by atoms with Crippen molar-refractivity contribution in [2.24, 2.45) is 5.73 Å². The van der Waals surface area contributed by atoms with Crippen LogP contribution in [0.1, 0.15) is 57.5 Å². The maximum atomic E-state index is 13.2. The molecule has 1 saturated carbocycles. The average molecular weight is 432 g/mol. The number of hydrogen-bond donors (Lipinski definition) is 1. The molecule has 2 aliphatic heterocycles. The first-order chi connectivity index (χ1) is 15.6. The van der Waals surface area contributed by atoms with Crippen molar-refractivity contribution in [2.45, 2.75) is 50.8 Å². The van der Waals surface area contributed by atoms with Crippen molar-refractivity contribution >= 4 is 11.8 Å². The van der Waals surface area contributed by atoms with Gasteiger partial charge in [0.15, 0.2) is 0 Å². The molecule has 1 fully saturated rings. The van der Waals surface area contributed by atoms with Crippen molar-refractivity contribution in [3.8, 4) is 5.75 Å². The Morgan fingerprint density at radius 3 is 2.53 bits per heavy atom. The number of hydrogen-bond acceptors (Lipinski definition) is 4. The molecule has 2 amide bonds. The Labute approximate surface area is 188 Å². The number of fused-ring (bicyclic) bond motifs is 1. The summed E-state index contributed by atoms with van der Waals surface area (Å²) in [5.74, 6) is 0.425. The van der Waals surface area contributed by atoms with Gasteiger partial charge in [0, 0.05) is 30.3 Å². The van der Waals surface area contributed by atoms with E-state index in [9.17, 15) is 9.59 Å². The number of ether oxygens (including phenoxy) is 1. The van der Waals surface area contributed by atoms with E-state index in [2.05, 4.69) is 17.2 Å². The van der Waals surface area contributed by atoms with Crippen LogP contribution in [0.2, 0.25) is 0 Å². The molecule has 0 saturated heterocycles. The Bertz CT molecular complexity index is 1040. The van der Waals surface area contributed by atoms with Crippen molar-refractivity contribution in [3.63, 3.8) is 0 Å². The fourth-order valence-electron chi connectivity index (χ4n) is 4.77. The summed E-state index contributed by atoms with van der Waals surface area (Å²) in [7, 11) is 0. The Hall–Kier alpha value is -3.28. The molecular weight excluding hydrogens is 402 g/mol. The van der Waals surface area contributed by atoms with Gasteiger partial charge in [0.25, 0.3) is 5.91 Å². The van der Waals surface area contributed by atoms with E-state index in [0.717, 1.165) is 48.4 Å². The minimum Gasteiger partial charge on any atom is -0.489 e. The average Bonchev–Trinajstić information content (AvgIpc) is 2.78. The summed E-state index contributed by atoms with van der Waals surface area (Å²) in [5, 5.41) is 0. The molecule has 0 bridgehead atoms. The van der Waals surface area contributed by atoms with E-state index < -0.39 is 5.91 Å². The van der Waals surface area contributed by atoms with Crippen LogP contribution < -0.4 is 10.5 Å². The monoisotopic (exact) mass is 431 g/mol. The van der Waals surface area contributed by atoms with Gasteiger partial charge in [-0.3, -0.25) is 9.59 Å². The van der Waals surface area contributed by atoms with Crippen LogP contribution in [0.25, 0.3) is 0 Å². The highest BCUT2D eigenvalue weighted by molar-refractivity contribution is 5.97. The molecule has 0 radical (unpaired) electrons. The lowest BCUT2D eigenvalue weighted by atomic mass is 9.90. The number of amides is 2. The number of nitrogens with two attached hydrogens (primary N) is 1. The second kappa shape index (κ2) is 8.69. The SMILES string of the molecule is NC(=O)c1ccc(COc2ccc3c(c2)CCN(C2C=CN(C4CCC4)CC2)C3=O)cc1. The summed E-state index contributed by atoms with van der Waals surface area (Å²) in [4.78, 5) is 28.8. The van der Waals surface area contributed by atoms with E-state index in [4.69, 9.17) is 10.5 Å². The molecule has 1 atom stereocenters. The second-order valence-corrected chi connectivity index (χ2v) is 8.94. The molecule has 32 heavy (non-hydrogen) atoms. The highest BCUT2D eigenvalue weighted by Crippen LogP contribution is 2.30. The van der Waals surface area contributed by atoms with Gasteiger partial charge in [-0.2, -0.15) is 0 Å². The summed E-state index contributed by atoms with van der Waals surface area (Å²) >= 11 is 0. The van der Waals surface area contributed by atoms with Crippen molar-refractivity contribution in [3.05, 3.63) is 77.0 Å². The van der Waals surface area contributed by atoms with E-state index in [0.29, 0.717) is 18.2 Å². The Morgan fingerprint density at radius 1 is 1.06 bits per heavy atom. The van der Waals surface area contributed by atoms with Crippen LogP contribution in [-0.2, 0) is 13.0 Å². The number of primary amides is 1. The van der Waals surface area contributed by atoms with Crippen molar-refractivity contribution < 1.29 is 14.3 Å². The van der Waals surface area contributed by atoms with Crippen LogP contribution in [0.5, 0.6) is 5.75 Å². The summed E-state index contributed by atoms with van der Waals surface area (Å²) in [6.07, 6.45) is 10.2. The molecule has 0 aromatic heterocycles. The third-order valence-electron chi connectivity index (χ3n) is 6.96. The highest BCUT2D eigenvalue weighted by atomic mass is 16.5. The number of benzene rings is 2. The third-order valence-corrected chi connectivity index (χ3v) is 6.96. The zero-order chi connectivity index (χ0) is 22.1. The van der Waals surface area contributed by atoms with Gasteiger partial charge in [0.1, 0.15) is 12.4 Å². The molecule has 166 valence electrons. The van der Waals surface area contributed by atoms with Crippen molar-refractivity contribution in [1.29, 1.82) is 0 Å². The van der Waals surface area contributed by atoms with Crippen molar-refractivity contribution in [2.75, 3.05) is 13.1 Å². The lowest BCUT2D eigenvalue weighted by Gasteiger charge is -2.42. The Balaban J connectivity index is 1.21. The van der Waals surface area contributed by atoms with E-state index in [1.54, 1.807) is 12.1 Å². The maximum absolute atomic E-state index is 13.2. The molecule has 1 aliphatic carbocycles. The number of nitrogens with zero attached hydrogens (tertiary/aromatic N) is 2. The Morgan fingerprint density at radius 2 is 1.88 bits per heavy atom. The van der Waals surface area contributed by atoms with Crippen LogP contribution in [0.3, 0.4) is 0 Å². The quantitative estimate of drug-likeness (QED) is 0.760. The third kappa shape index (κ3) is 4.09. The number of carbonyl (C=O) groups excluding carboxylic acids is 2. The molecule has 3 aliphatic rings. The van der Waals surface area contributed by atoms with Crippen LogP contribution in [0, 0.1) is 0 Å². The molecule has 2 aromatic rings. The minimum absolute atomic E-state index is 0.117.